The van der Waals surface area contributed by atoms with Crippen LogP contribution < -0.4 is 5.32 Å². The lowest BCUT2D eigenvalue weighted by molar-refractivity contribution is 0.121. The molecule has 0 aliphatic carbocycles. The summed E-state index contributed by atoms with van der Waals surface area (Å²) in [6.07, 6.45) is 0.696. The molecule has 1 saturated heterocycles. The van der Waals surface area contributed by atoms with E-state index in [1.54, 1.807) is 0 Å². The van der Waals surface area contributed by atoms with Crippen molar-refractivity contribution in [2.45, 2.75) is 26.0 Å². The number of likely N-dealkylation sites (tertiary alicyclic amines) is 1. The molecule has 1 aliphatic rings. The van der Waals surface area contributed by atoms with E-state index in [2.05, 4.69) is 24.2 Å². The summed E-state index contributed by atoms with van der Waals surface area (Å²) in [7, 11) is 2.08. The second-order valence-electron chi connectivity index (χ2n) is 5.47. The van der Waals surface area contributed by atoms with Crippen LogP contribution >= 0.6 is 0 Å². The second kappa shape index (κ2) is 6.57. The number of ether oxygens (including phenoxy) is 1. The third kappa shape index (κ3) is 4.56. The average Bonchev–Trinajstić information content (AvgIpc) is 2.36. The first kappa shape index (κ1) is 13.9. The van der Waals surface area contributed by atoms with Crippen LogP contribution in [0.25, 0.3) is 0 Å². The van der Waals surface area contributed by atoms with Gasteiger partial charge in [0.05, 0.1) is 0 Å². The number of piperidine rings is 1. The maximum absolute atomic E-state index is 11.7. The number of carbonyl (C=O) groups excluding carboxylic acids is 1. The van der Waals surface area contributed by atoms with Crippen molar-refractivity contribution >= 4 is 6.09 Å². The first-order chi connectivity index (χ1) is 9.13. The van der Waals surface area contributed by atoms with Gasteiger partial charge in [0.15, 0.2) is 0 Å². The van der Waals surface area contributed by atoms with Crippen LogP contribution in [0.2, 0.25) is 0 Å². The first-order valence-corrected chi connectivity index (χ1v) is 6.79. The van der Waals surface area contributed by atoms with Crippen LogP contribution in [0.5, 0.6) is 0 Å². The van der Waals surface area contributed by atoms with Crippen LogP contribution in [0.3, 0.4) is 0 Å². The predicted octanol–water partition coefficient (Wildman–Crippen LogP) is 2.25. The Balaban J connectivity index is 1.75. The van der Waals surface area contributed by atoms with Crippen LogP contribution in [0.15, 0.2) is 30.3 Å². The van der Waals surface area contributed by atoms with Gasteiger partial charge in [-0.15, -0.1) is 0 Å². The van der Waals surface area contributed by atoms with Crippen LogP contribution in [0.1, 0.15) is 18.9 Å². The monoisotopic (exact) mass is 262 g/mol. The largest absolute Gasteiger partial charge is 0.445 e. The van der Waals surface area contributed by atoms with Gasteiger partial charge in [-0.2, -0.15) is 0 Å². The van der Waals surface area contributed by atoms with Crippen LogP contribution in [-0.2, 0) is 11.3 Å². The predicted molar refractivity (Wildman–Crippen MR) is 74.8 cm³/mol. The smallest absolute Gasteiger partial charge is 0.407 e. The highest BCUT2D eigenvalue weighted by molar-refractivity contribution is 5.67. The topological polar surface area (TPSA) is 41.6 Å². The molecule has 0 saturated carbocycles. The Bertz CT molecular complexity index is 398. The number of hydrogen-bond acceptors (Lipinski definition) is 3. The van der Waals surface area contributed by atoms with E-state index in [0.717, 1.165) is 25.1 Å². The molecule has 19 heavy (non-hydrogen) atoms. The highest BCUT2D eigenvalue weighted by Gasteiger charge is 2.23. The van der Waals surface area contributed by atoms with E-state index in [9.17, 15) is 4.79 Å². The summed E-state index contributed by atoms with van der Waals surface area (Å²) >= 11 is 0. The zero-order valence-electron chi connectivity index (χ0n) is 11.6. The maximum atomic E-state index is 11.7. The van der Waals surface area contributed by atoms with Crippen LogP contribution in [-0.4, -0.2) is 37.2 Å². The van der Waals surface area contributed by atoms with Gasteiger partial charge in [-0.1, -0.05) is 37.3 Å². The highest BCUT2D eigenvalue weighted by Crippen LogP contribution is 2.14. The molecule has 1 aromatic rings. The maximum Gasteiger partial charge on any atom is 0.407 e. The molecule has 2 rings (SSSR count). The van der Waals surface area contributed by atoms with Gasteiger partial charge in [-0.3, -0.25) is 0 Å². The lowest BCUT2D eigenvalue weighted by atomic mass is 9.97. The average molecular weight is 262 g/mol. The molecule has 4 nitrogen and oxygen atoms in total. The SMILES string of the molecule is CC1CC(NC(=O)OCc2ccccc2)CN(C)C1. The molecule has 2 unspecified atom stereocenters. The van der Waals surface area contributed by atoms with Crippen molar-refractivity contribution in [1.82, 2.24) is 10.2 Å². The Morgan fingerprint density at radius 1 is 1.37 bits per heavy atom. The Hall–Kier alpha value is -1.55. The van der Waals surface area contributed by atoms with E-state index >= 15 is 0 Å². The van der Waals surface area contributed by atoms with Gasteiger partial charge < -0.3 is 15.0 Å². The number of hydrogen-bond donors (Lipinski definition) is 1. The third-order valence-electron chi connectivity index (χ3n) is 3.38. The van der Waals surface area contributed by atoms with Crippen molar-refractivity contribution in [3.8, 4) is 0 Å². The highest BCUT2D eigenvalue weighted by atomic mass is 16.5. The summed E-state index contributed by atoms with van der Waals surface area (Å²) in [6.45, 7) is 4.52. The minimum absolute atomic E-state index is 0.192. The number of rotatable bonds is 3. The minimum atomic E-state index is -0.323. The molecule has 4 heteroatoms. The van der Waals surface area contributed by atoms with E-state index in [0.29, 0.717) is 12.5 Å². The molecular formula is C15H22N2O2. The van der Waals surface area contributed by atoms with Crippen LogP contribution in [0, 0.1) is 5.92 Å². The van der Waals surface area contributed by atoms with Gasteiger partial charge in [0.2, 0.25) is 0 Å². The zero-order chi connectivity index (χ0) is 13.7. The fraction of sp³-hybridized carbons (Fsp3) is 0.533. The quantitative estimate of drug-likeness (QED) is 0.908. The summed E-state index contributed by atoms with van der Waals surface area (Å²) in [5, 5.41) is 2.95. The summed E-state index contributed by atoms with van der Waals surface area (Å²) in [4.78, 5) is 14.0. The molecule has 0 radical (unpaired) electrons. The van der Waals surface area contributed by atoms with Crippen molar-refractivity contribution in [3.05, 3.63) is 35.9 Å². The number of amides is 1. The molecule has 1 N–H and O–H groups in total. The number of carbonyl (C=O) groups is 1. The van der Waals surface area contributed by atoms with Gasteiger partial charge in [0.1, 0.15) is 6.61 Å². The number of alkyl carbamates (subject to hydrolysis) is 1. The molecule has 104 valence electrons. The van der Waals surface area contributed by atoms with E-state index in [-0.39, 0.29) is 12.1 Å². The Morgan fingerprint density at radius 3 is 2.79 bits per heavy atom. The van der Waals surface area contributed by atoms with Gasteiger partial charge in [-0.25, -0.2) is 4.79 Å². The Morgan fingerprint density at radius 2 is 2.11 bits per heavy atom. The van der Waals surface area contributed by atoms with Gasteiger partial charge in [-0.05, 0) is 24.9 Å². The molecule has 1 aromatic carbocycles. The van der Waals surface area contributed by atoms with Crippen LogP contribution in [0.4, 0.5) is 4.79 Å². The summed E-state index contributed by atoms with van der Waals surface area (Å²) in [6, 6.07) is 9.91. The van der Waals surface area contributed by atoms with E-state index in [1.165, 1.54) is 0 Å². The first-order valence-electron chi connectivity index (χ1n) is 6.79. The van der Waals surface area contributed by atoms with Gasteiger partial charge in [0.25, 0.3) is 0 Å². The van der Waals surface area contributed by atoms with Gasteiger partial charge in [0, 0.05) is 19.1 Å². The van der Waals surface area contributed by atoms with Gasteiger partial charge >= 0.3 is 6.09 Å². The molecular weight excluding hydrogens is 240 g/mol. The molecule has 1 amide bonds. The zero-order valence-corrected chi connectivity index (χ0v) is 11.6. The molecule has 1 fully saturated rings. The van der Waals surface area contributed by atoms with Crippen molar-refractivity contribution < 1.29 is 9.53 Å². The molecule has 0 aromatic heterocycles. The van der Waals surface area contributed by atoms with E-state index in [4.69, 9.17) is 4.74 Å². The normalized spacial score (nSPS) is 23.9. The minimum Gasteiger partial charge on any atom is -0.445 e. The van der Waals surface area contributed by atoms with E-state index < -0.39 is 0 Å². The molecule has 1 aliphatic heterocycles. The number of likely N-dealkylation sites (N-methyl/N-ethyl adjacent to an activating group) is 1. The molecule has 0 bridgehead atoms. The second-order valence-corrected chi connectivity index (χ2v) is 5.47. The molecule has 1 heterocycles. The molecule has 0 spiro atoms. The van der Waals surface area contributed by atoms with E-state index in [1.807, 2.05) is 30.3 Å². The number of nitrogens with one attached hydrogen (secondary N) is 1. The standard InChI is InChI=1S/C15H22N2O2/c1-12-8-14(10-17(2)9-12)16-15(18)19-11-13-6-4-3-5-7-13/h3-7,12,14H,8-11H2,1-2H3,(H,16,18). The Labute approximate surface area is 114 Å². The summed E-state index contributed by atoms with van der Waals surface area (Å²) in [5.41, 5.74) is 1.01. The fourth-order valence-electron chi connectivity index (χ4n) is 2.65. The van der Waals surface area contributed by atoms with Crippen molar-refractivity contribution in [2.75, 3.05) is 20.1 Å². The van der Waals surface area contributed by atoms with Crippen molar-refractivity contribution in [1.29, 1.82) is 0 Å². The lowest BCUT2D eigenvalue weighted by Crippen LogP contribution is -2.49. The lowest BCUT2D eigenvalue weighted by Gasteiger charge is -2.34. The number of nitrogens with zero attached hydrogens (tertiary/aromatic N) is 1. The third-order valence-corrected chi connectivity index (χ3v) is 3.38. The van der Waals surface area contributed by atoms with Crippen molar-refractivity contribution in [3.63, 3.8) is 0 Å². The summed E-state index contributed by atoms with van der Waals surface area (Å²) < 4.78 is 5.23. The Kier molecular flexibility index (Phi) is 4.80. The summed E-state index contributed by atoms with van der Waals surface area (Å²) in [5.74, 6) is 0.609. The fourth-order valence-corrected chi connectivity index (χ4v) is 2.65. The van der Waals surface area contributed by atoms with Crippen molar-refractivity contribution in [2.24, 2.45) is 5.92 Å². The number of benzene rings is 1. The molecule has 2 atom stereocenters.